The van der Waals surface area contributed by atoms with Gasteiger partial charge in [-0.2, -0.15) is 0 Å². The highest BCUT2D eigenvalue weighted by molar-refractivity contribution is 6.04. The first-order valence-electron chi connectivity index (χ1n) is 10.5. The van der Waals surface area contributed by atoms with Gasteiger partial charge in [0, 0.05) is 28.7 Å². The van der Waals surface area contributed by atoms with Gasteiger partial charge in [-0.25, -0.2) is 4.79 Å². The summed E-state index contributed by atoms with van der Waals surface area (Å²) in [6.45, 7) is 0.0409. The first-order valence-corrected chi connectivity index (χ1v) is 10.5. The second-order valence-electron chi connectivity index (χ2n) is 8.36. The Morgan fingerprint density at radius 3 is 2.15 bits per heavy atom. The number of likely N-dealkylation sites (N-methyl/N-ethyl adjacent to an activating group) is 1. The summed E-state index contributed by atoms with van der Waals surface area (Å²) in [5.74, 6) is -0.299. The molecule has 1 fully saturated rings. The molecule has 1 saturated heterocycles. The quantitative estimate of drug-likeness (QED) is 0.326. The Morgan fingerprint density at radius 2 is 1.42 bits per heavy atom. The van der Waals surface area contributed by atoms with Gasteiger partial charge in [-0.3, -0.25) is 19.3 Å². The van der Waals surface area contributed by atoms with E-state index in [9.17, 15) is 19.2 Å². The SMILES string of the molecule is CN1CC(=O)N(Cc2cccc3[nH]c4cc5c(=O)c6ccccc6[nH]c5cc4c(=O)c23)C1=O. The normalized spacial score (nSPS) is 14.5. The maximum atomic E-state index is 13.6. The molecule has 5 aromatic rings. The first kappa shape index (κ1) is 19.2. The van der Waals surface area contributed by atoms with Crippen LogP contribution in [0.1, 0.15) is 5.56 Å². The summed E-state index contributed by atoms with van der Waals surface area (Å²) in [5.41, 5.74) is 2.64. The fourth-order valence-electron chi connectivity index (χ4n) is 4.64. The molecule has 3 amide bonds. The number of aromatic amines is 2. The summed E-state index contributed by atoms with van der Waals surface area (Å²) in [7, 11) is 1.57. The van der Waals surface area contributed by atoms with Crippen molar-refractivity contribution in [3.05, 3.63) is 80.6 Å². The highest BCUT2D eigenvalue weighted by Gasteiger charge is 2.33. The topological polar surface area (TPSA) is 106 Å². The molecule has 6 rings (SSSR count). The highest BCUT2D eigenvalue weighted by Crippen LogP contribution is 2.24. The number of H-pyrrole nitrogens is 2. The van der Waals surface area contributed by atoms with E-state index >= 15 is 0 Å². The number of carbonyl (C=O) groups excluding carboxylic acids is 2. The van der Waals surface area contributed by atoms with Gasteiger partial charge in [-0.1, -0.05) is 24.3 Å². The molecule has 162 valence electrons. The number of hydrogen-bond acceptors (Lipinski definition) is 4. The number of fused-ring (bicyclic) bond motifs is 4. The lowest BCUT2D eigenvalue weighted by Crippen LogP contribution is -2.31. The number of nitrogens with one attached hydrogen (secondary N) is 2. The molecule has 33 heavy (non-hydrogen) atoms. The van der Waals surface area contributed by atoms with Crippen LogP contribution in [0.25, 0.3) is 43.6 Å². The summed E-state index contributed by atoms with van der Waals surface area (Å²) >= 11 is 0. The van der Waals surface area contributed by atoms with Gasteiger partial charge in [0.15, 0.2) is 10.9 Å². The van der Waals surface area contributed by atoms with Crippen molar-refractivity contribution in [2.75, 3.05) is 13.6 Å². The van der Waals surface area contributed by atoms with Gasteiger partial charge in [0.25, 0.3) is 5.91 Å². The molecule has 0 aliphatic carbocycles. The second kappa shape index (κ2) is 6.77. The lowest BCUT2D eigenvalue weighted by molar-refractivity contribution is -0.125. The van der Waals surface area contributed by atoms with Crippen LogP contribution in [0.5, 0.6) is 0 Å². The van der Waals surface area contributed by atoms with E-state index in [1.165, 1.54) is 4.90 Å². The van der Waals surface area contributed by atoms with E-state index < -0.39 is 0 Å². The van der Waals surface area contributed by atoms with Crippen molar-refractivity contribution in [2.24, 2.45) is 0 Å². The fourth-order valence-corrected chi connectivity index (χ4v) is 4.64. The van der Waals surface area contributed by atoms with Crippen LogP contribution in [0, 0.1) is 0 Å². The maximum Gasteiger partial charge on any atom is 0.327 e. The number of nitrogens with zero attached hydrogens (tertiary/aromatic N) is 2. The zero-order valence-corrected chi connectivity index (χ0v) is 17.6. The van der Waals surface area contributed by atoms with Crippen LogP contribution in [-0.4, -0.2) is 45.3 Å². The van der Waals surface area contributed by atoms with Crippen LogP contribution in [-0.2, 0) is 11.3 Å². The van der Waals surface area contributed by atoms with Crippen molar-refractivity contribution in [2.45, 2.75) is 6.54 Å². The average Bonchev–Trinajstić information content (AvgIpc) is 3.05. The van der Waals surface area contributed by atoms with Crippen molar-refractivity contribution in [1.82, 2.24) is 19.8 Å². The van der Waals surface area contributed by atoms with Crippen molar-refractivity contribution >= 4 is 55.5 Å². The first-order chi connectivity index (χ1) is 15.9. The number of imide groups is 1. The molecule has 0 radical (unpaired) electrons. The molecule has 3 aromatic carbocycles. The summed E-state index contributed by atoms with van der Waals surface area (Å²) in [6, 6.07) is 15.5. The molecule has 0 unspecified atom stereocenters. The van der Waals surface area contributed by atoms with Gasteiger partial charge in [0.1, 0.15) is 6.54 Å². The Kier molecular flexibility index (Phi) is 3.95. The summed E-state index contributed by atoms with van der Waals surface area (Å²) in [5, 5.41) is 1.91. The number of benzene rings is 3. The number of rotatable bonds is 2. The minimum atomic E-state index is -0.385. The predicted octanol–water partition coefficient (Wildman–Crippen LogP) is 3.07. The molecule has 1 aliphatic heterocycles. The number of hydrogen-bond donors (Lipinski definition) is 2. The van der Waals surface area contributed by atoms with Gasteiger partial charge in [0.2, 0.25) is 0 Å². The van der Waals surface area contributed by atoms with Gasteiger partial charge < -0.3 is 14.9 Å². The Morgan fingerprint density at radius 1 is 0.758 bits per heavy atom. The minimum absolute atomic E-state index is 0.0169. The van der Waals surface area contributed by atoms with Crippen molar-refractivity contribution in [1.29, 1.82) is 0 Å². The van der Waals surface area contributed by atoms with E-state index in [-0.39, 0.29) is 35.9 Å². The summed E-state index contributed by atoms with van der Waals surface area (Å²) in [6.07, 6.45) is 0. The Bertz CT molecular complexity index is 1780. The molecule has 0 atom stereocenters. The van der Waals surface area contributed by atoms with Crippen LogP contribution < -0.4 is 10.9 Å². The van der Waals surface area contributed by atoms with E-state index in [0.717, 1.165) is 4.90 Å². The number of pyridine rings is 2. The van der Waals surface area contributed by atoms with Crippen molar-refractivity contribution in [3.63, 3.8) is 0 Å². The average molecular weight is 438 g/mol. The number of carbonyl (C=O) groups is 2. The summed E-state index contributed by atoms with van der Waals surface area (Å²) in [4.78, 5) is 60.3. The monoisotopic (exact) mass is 438 g/mol. The maximum absolute atomic E-state index is 13.6. The van der Waals surface area contributed by atoms with Gasteiger partial charge in [-0.05, 0) is 35.9 Å². The zero-order valence-electron chi connectivity index (χ0n) is 17.6. The molecule has 8 nitrogen and oxygen atoms in total. The Labute approximate surface area is 186 Å². The third-order valence-electron chi connectivity index (χ3n) is 6.29. The molecule has 2 aromatic heterocycles. The highest BCUT2D eigenvalue weighted by atomic mass is 16.2. The van der Waals surface area contributed by atoms with Gasteiger partial charge in [-0.15, -0.1) is 0 Å². The minimum Gasteiger partial charge on any atom is -0.354 e. The standard InChI is InChI=1S/C25H18N4O4/c1-28-12-21(30)29(25(28)33)11-13-5-4-8-18-22(13)24(32)16-10-19-15(9-20(16)27-18)23(31)14-6-2-3-7-17(14)26-19/h2-10H,11-12H2,1H3,(H,26,31)(H,27,32). The lowest BCUT2D eigenvalue weighted by atomic mass is 10.0. The van der Waals surface area contributed by atoms with Crippen LogP contribution in [0.2, 0.25) is 0 Å². The molecular weight excluding hydrogens is 420 g/mol. The predicted molar refractivity (Wildman–Crippen MR) is 126 cm³/mol. The van der Waals surface area contributed by atoms with Gasteiger partial charge >= 0.3 is 6.03 Å². The van der Waals surface area contributed by atoms with Gasteiger partial charge in [0.05, 0.1) is 28.5 Å². The molecule has 2 N–H and O–H groups in total. The molecule has 8 heteroatoms. The number of amides is 3. The van der Waals surface area contributed by atoms with E-state index in [1.54, 1.807) is 43.4 Å². The summed E-state index contributed by atoms with van der Waals surface area (Å²) < 4.78 is 0. The van der Waals surface area contributed by atoms with E-state index in [1.807, 2.05) is 18.2 Å². The number of aromatic nitrogens is 2. The largest absolute Gasteiger partial charge is 0.354 e. The third kappa shape index (κ3) is 2.77. The number of urea groups is 1. The van der Waals surface area contributed by atoms with Crippen molar-refractivity contribution < 1.29 is 9.59 Å². The zero-order chi connectivity index (χ0) is 22.9. The van der Waals surface area contributed by atoms with E-state index in [2.05, 4.69) is 9.97 Å². The van der Waals surface area contributed by atoms with Crippen molar-refractivity contribution in [3.8, 4) is 0 Å². The molecule has 0 bridgehead atoms. The third-order valence-corrected chi connectivity index (χ3v) is 6.29. The molecule has 1 aliphatic rings. The smallest absolute Gasteiger partial charge is 0.327 e. The van der Waals surface area contributed by atoms with Crippen LogP contribution in [0.3, 0.4) is 0 Å². The number of para-hydroxylation sites is 1. The molecular formula is C25H18N4O4. The Balaban J connectivity index is 1.61. The van der Waals surface area contributed by atoms with E-state index in [4.69, 9.17) is 0 Å². The molecule has 0 spiro atoms. The van der Waals surface area contributed by atoms with Crippen LogP contribution in [0.4, 0.5) is 4.79 Å². The van der Waals surface area contributed by atoms with E-state index in [0.29, 0.717) is 49.2 Å². The van der Waals surface area contributed by atoms with Crippen LogP contribution >= 0.6 is 0 Å². The Hall–Kier alpha value is -4.46. The van der Waals surface area contributed by atoms with Crippen LogP contribution in [0.15, 0.2) is 64.2 Å². The molecule has 0 saturated carbocycles. The second-order valence-corrected chi connectivity index (χ2v) is 8.36. The molecule has 3 heterocycles. The lowest BCUT2D eigenvalue weighted by Gasteiger charge is -2.16. The fraction of sp³-hybridized carbons (Fsp3) is 0.120.